The zero-order valence-electron chi connectivity index (χ0n) is 13.4. The van der Waals surface area contributed by atoms with E-state index in [9.17, 15) is 14.7 Å². The molecule has 2 unspecified atom stereocenters. The monoisotopic (exact) mass is 330 g/mol. The first kappa shape index (κ1) is 16.2. The number of amides is 1. The highest BCUT2D eigenvalue weighted by Gasteiger charge is 2.41. The third kappa shape index (κ3) is 2.90. The van der Waals surface area contributed by atoms with Gasteiger partial charge in [-0.25, -0.2) is 9.78 Å². The molecule has 126 valence electrons. The Hall–Kier alpha value is -2.67. The minimum atomic E-state index is -1.05. The normalized spacial score (nSPS) is 20.3. The Balaban J connectivity index is 1.90. The molecule has 7 nitrogen and oxygen atoms in total. The summed E-state index contributed by atoms with van der Waals surface area (Å²) < 4.78 is 10.8. The molecule has 1 aromatic carbocycles. The number of carboxylic acids is 1. The topological polar surface area (TPSA) is 92.9 Å². The number of oxazole rings is 1. The van der Waals surface area contributed by atoms with Gasteiger partial charge in [-0.15, -0.1) is 0 Å². The molecule has 1 N–H and O–H groups in total. The number of aliphatic carboxylic acids is 1. The van der Waals surface area contributed by atoms with Gasteiger partial charge in [0.1, 0.15) is 11.8 Å². The summed E-state index contributed by atoms with van der Waals surface area (Å²) in [7, 11) is 1.51. The average Bonchev–Trinajstić information content (AvgIpc) is 3.19. The van der Waals surface area contributed by atoms with Crippen LogP contribution in [0.5, 0.6) is 0 Å². The van der Waals surface area contributed by atoms with Crippen LogP contribution in [0.4, 0.5) is 0 Å². The average molecular weight is 330 g/mol. The molecular formula is C17H18N2O5. The van der Waals surface area contributed by atoms with Crippen molar-refractivity contribution in [3.8, 4) is 11.5 Å². The van der Waals surface area contributed by atoms with Crippen LogP contribution in [0.2, 0.25) is 0 Å². The van der Waals surface area contributed by atoms with E-state index in [4.69, 9.17) is 9.15 Å². The Kier molecular flexibility index (Phi) is 4.35. The number of aromatic nitrogens is 1. The van der Waals surface area contributed by atoms with E-state index in [-0.39, 0.29) is 24.8 Å². The summed E-state index contributed by atoms with van der Waals surface area (Å²) >= 11 is 0. The van der Waals surface area contributed by atoms with Crippen molar-refractivity contribution in [3.63, 3.8) is 0 Å². The molecule has 0 radical (unpaired) electrons. The molecule has 1 aliphatic heterocycles. The maximum absolute atomic E-state index is 12.8. The van der Waals surface area contributed by atoms with Crippen molar-refractivity contribution in [2.75, 3.05) is 13.7 Å². The molecule has 2 heterocycles. The molecule has 2 atom stereocenters. The van der Waals surface area contributed by atoms with E-state index in [1.165, 1.54) is 12.0 Å². The summed E-state index contributed by atoms with van der Waals surface area (Å²) in [6.45, 7) is 1.87. The zero-order chi connectivity index (χ0) is 17.3. The highest BCUT2D eigenvalue weighted by Crippen LogP contribution is 2.26. The third-order valence-electron chi connectivity index (χ3n) is 4.16. The second-order valence-corrected chi connectivity index (χ2v) is 5.69. The minimum absolute atomic E-state index is 0.136. The van der Waals surface area contributed by atoms with Crippen LogP contribution in [-0.2, 0) is 9.53 Å². The number of carbonyl (C=O) groups is 2. The number of ether oxygens (including phenoxy) is 1. The van der Waals surface area contributed by atoms with E-state index in [2.05, 4.69) is 4.98 Å². The van der Waals surface area contributed by atoms with Crippen LogP contribution >= 0.6 is 0 Å². The number of likely N-dealkylation sites (tertiary alicyclic amines) is 1. The third-order valence-corrected chi connectivity index (χ3v) is 4.16. The molecule has 7 heteroatoms. The van der Waals surface area contributed by atoms with E-state index in [0.29, 0.717) is 11.7 Å². The van der Waals surface area contributed by atoms with Crippen molar-refractivity contribution >= 4 is 11.9 Å². The number of hydrogen-bond acceptors (Lipinski definition) is 5. The van der Waals surface area contributed by atoms with Crippen LogP contribution in [0.1, 0.15) is 22.7 Å². The first-order valence-corrected chi connectivity index (χ1v) is 7.60. The zero-order valence-corrected chi connectivity index (χ0v) is 13.4. The van der Waals surface area contributed by atoms with Crippen molar-refractivity contribution in [2.45, 2.75) is 25.5 Å². The summed E-state index contributed by atoms with van der Waals surface area (Å²) in [5.74, 6) is -0.799. The fourth-order valence-corrected chi connectivity index (χ4v) is 2.86. The second kappa shape index (κ2) is 6.45. The standard InChI is InChI=1S/C17H18N2O5/c1-10-14(18-15(24-10)11-6-4-3-5-7-11)16(20)19-9-12(23-2)8-13(19)17(21)22/h3-7,12-13H,8-9H2,1-2H3,(H,21,22). The Labute approximate surface area is 138 Å². The molecule has 0 bridgehead atoms. The Morgan fingerprint density at radius 3 is 2.67 bits per heavy atom. The lowest BCUT2D eigenvalue weighted by atomic mass is 10.2. The maximum Gasteiger partial charge on any atom is 0.326 e. The van der Waals surface area contributed by atoms with Gasteiger partial charge in [-0.05, 0) is 19.1 Å². The maximum atomic E-state index is 12.8. The first-order chi connectivity index (χ1) is 11.5. The molecule has 24 heavy (non-hydrogen) atoms. The van der Waals surface area contributed by atoms with Gasteiger partial charge in [0.25, 0.3) is 5.91 Å². The SMILES string of the molecule is COC1CC(C(=O)O)N(C(=O)c2nc(-c3ccccc3)oc2C)C1. The predicted molar refractivity (Wildman–Crippen MR) is 84.6 cm³/mol. The molecule has 3 rings (SSSR count). The number of methoxy groups -OCH3 is 1. The molecule has 1 aliphatic rings. The van der Waals surface area contributed by atoms with Crippen molar-refractivity contribution in [2.24, 2.45) is 0 Å². The van der Waals surface area contributed by atoms with Gasteiger partial charge in [0.05, 0.1) is 6.10 Å². The predicted octanol–water partition coefficient (Wildman–Crippen LogP) is 1.96. The van der Waals surface area contributed by atoms with Crippen LogP contribution in [0.25, 0.3) is 11.5 Å². The van der Waals surface area contributed by atoms with E-state index in [0.717, 1.165) is 5.56 Å². The molecular weight excluding hydrogens is 312 g/mol. The van der Waals surface area contributed by atoms with Crippen LogP contribution < -0.4 is 0 Å². The van der Waals surface area contributed by atoms with Gasteiger partial charge in [0.2, 0.25) is 5.89 Å². The first-order valence-electron chi connectivity index (χ1n) is 7.60. The summed E-state index contributed by atoms with van der Waals surface area (Å²) in [4.78, 5) is 29.8. The van der Waals surface area contributed by atoms with E-state index >= 15 is 0 Å². The number of hydrogen-bond donors (Lipinski definition) is 1. The lowest BCUT2D eigenvalue weighted by Crippen LogP contribution is -2.41. The lowest BCUT2D eigenvalue weighted by Gasteiger charge is -2.20. The molecule has 1 fully saturated rings. The van der Waals surface area contributed by atoms with Gasteiger partial charge in [0, 0.05) is 25.6 Å². The highest BCUT2D eigenvalue weighted by molar-refractivity contribution is 5.96. The van der Waals surface area contributed by atoms with Crippen LogP contribution in [0, 0.1) is 6.92 Å². The largest absolute Gasteiger partial charge is 0.480 e. The Morgan fingerprint density at radius 1 is 1.33 bits per heavy atom. The van der Waals surface area contributed by atoms with Crippen LogP contribution in [-0.4, -0.2) is 52.7 Å². The highest BCUT2D eigenvalue weighted by atomic mass is 16.5. The van der Waals surface area contributed by atoms with E-state index in [1.807, 2.05) is 30.3 Å². The van der Waals surface area contributed by atoms with Gasteiger partial charge in [-0.1, -0.05) is 18.2 Å². The molecule has 0 aliphatic carbocycles. The quantitative estimate of drug-likeness (QED) is 0.921. The van der Waals surface area contributed by atoms with Gasteiger partial charge >= 0.3 is 5.97 Å². The van der Waals surface area contributed by atoms with Crippen LogP contribution in [0.15, 0.2) is 34.7 Å². The number of carbonyl (C=O) groups excluding carboxylic acids is 1. The minimum Gasteiger partial charge on any atom is -0.480 e. The Bertz CT molecular complexity index is 756. The fraction of sp³-hybridized carbons (Fsp3) is 0.353. The number of carboxylic acid groups (broad SMARTS) is 1. The van der Waals surface area contributed by atoms with Crippen molar-refractivity contribution < 1.29 is 23.8 Å². The van der Waals surface area contributed by atoms with Gasteiger partial charge in [0.15, 0.2) is 5.69 Å². The molecule has 2 aromatic rings. The lowest BCUT2D eigenvalue weighted by molar-refractivity contribution is -0.141. The van der Waals surface area contributed by atoms with Crippen molar-refractivity contribution in [3.05, 3.63) is 41.8 Å². The Morgan fingerprint density at radius 2 is 2.04 bits per heavy atom. The van der Waals surface area contributed by atoms with E-state index < -0.39 is 17.9 Å². The smallest absolute Gasteiger partial charge is 0.326 e. The number of nitrogens with zero attached hydrogens (tertiary/aromatic N) is 2. The van der Waals surface area contributed by atoms with Gasteiger partial charge in [-0.3, -0.25) is 4.79 Å². The fourth-order valence-electron chi connectivity index (χ4n) is 2.86. The molecule has 0 spiro atoms. The molecule has 0 saturated carbocycles. The van der Waals surface area contributed by atoms with E-state index in [1.54, 1.807) is 6.92 Å². The summed E-state index contributed by atoms with van der Waals surface area (Å²) in [6.07, 6.45) is -0.0316. The van der Waals surface area contributed by atoms with Gasteiger partial charge < -0.3 is 19.2 Å². The number of rotatable bonds is 4. The summed E-state index contributed by atoms with van der Waals surface area (Å²) in [5.41, 5.74) is 0.891. The van der Waals surface area contributed by atoms with Gasteiger partial charge in [-0.2, -0.15) is 0 Å². The van der Waals surface area contributed by atoms with Crippen LogP contribution in [0.3, 0.4) is 0 Å². The molecule has 1 amide bonds. The molecule has 1 saturated heterocycles. The summed E-state index contributed by atoms with van der Waals surface area (Å²) in [5, 5.41) is 9.35. The number of aryl methyl sites for hydroxylation is 1. The van der Waals surface area contributed by atoms with Crippen molar-refractivity contribution in [1.29, 1.82) is 0 Å². The van der Waals surface area contributed by atoms with Crippen molar-refractivity contribution in [1.82, 2.24) is 9.88 Å². The number of benzene rings is 1. The molecule has 1 aromatic heterocycles. The second-order valence-electron chi connectivity index (χ2n) is 5.69. The summed E-state index contributed by atoms with van der Waals surface area (Å²) in [6, 6.07) is 8.31.